The van der Waals surface area contributed by atoms with Crippen LogP contribution in [0, 0.1) is 10.1 Å². The van der Waals surface area contributed by atoms with Crippen LogP contribution in [-0.2, 0) is 0 Å². The molecule has 2 aromatic rings. The molecule has 0 aliphatic carbocycles. The van der Waals surface area contributed by atoms with Gasteiger partial charge in [0.05, 0.1) is 23.9 Å². The van der Waals surface area contributed by atoms with E-state index in [2.05, 4.69) is 15.8 Å². The Balaban J connectivity index is 2.08. The van der Waals surface area contributed by atoms with Crippen molar-refractivity contribution in [1.29, 1.82) is 0 Å². The van der Waals surface area contributed by atoms with Gasteiger partial charge in [0.25, 0.3) is 5.69 Å². The number of nitrogens with one attached hydrogen (secondary N) is 2. The van der Waals surface area contributed by atoms with E-state index in [1.807, 2.05) is 0 Å². The Kier molecular flexibility index (Phi) is 6.09. The number of anilines is 1. The van der Waals surface area contributed by atoms with Crippen LogP contribution < -0.4 is 20.6 Å². The lowest BCUT2D eigenvalue weighted by molar-refractivity contribution is -0.398. The molecule has 0 saturated heterocycles. The van der Waals surface area contributed by atoms with Crippen molar-refractivity contribution in [2.75, 3.05) is 12.4 Å². The Labute approximate surface area is 153 Å². The normalized spacial score (nSPS) is 10.5. The molecule has 25 heavy (non-hydrogen) atoms. The Morgan fingerprint density at radius 2 is 2.12 bits per heavy atom. The highest BCUT2D eigenvalue weighted by Gasteiger charge is 2.11. The zero-order valence-electron chi connectivity index (χ0n) is 12.9. The van der Waals surface area contributed by atoms with Crippen LogP contribution in [0.5, 0.6) is 11.5 Å². The summed E-state index contributed by atoms with van der Waals surface area (Å²) in [5.41, 5.74) is 2.48. The first-order chi connectivity index (χ1) is 11.9. The summed E-state index contributed by atoms with van der Waals surface area (Å²) in [5.74, 6) is -0.202. The largest absolute Gasteiger partial charge is 0.867 e. The Bertz CT molecular complexity index is 844. The molecule has 130 valence electrons. The zero-order chi connectivity index (χ0) is 18.4. The van der Waals surface area contributed by atoms with Crippen molar-refractivity contribution in [3.05, 3.63) is 57.1 Å². The van der Waals surface area contributed by atoms with Crippen LogP contribution in [0.4, 0.5) is 11.4 Å². The molecule has 2 aromatic carbocycles. The summed E-state index contributed by atoms with van der Waals surface area (Å²) in [7, 11) is 1.52. The number of nitro groups is 1. The van der Waals surface area contributed by atoms with Crippen molar-refractivity contribution >= 4 is 46.5 Å². The molecule has 0 aliphatic heterocycles. The van der Waals surface area contributed by atoms with Crippen molar-refractivity contribution < 1.29 is 14.8 Å². The van der Waals surface area contributed by atoms with E-state index in [1.54, 1.807) is 24.3 Å². The van der Waals surface area contributed by atoms with Crippen LogP contribution in [0.1, 0.15) is 5.56 Å². The topological polar surface area (TPSA) is 112 Å². The van der Waals surface area contributed by atoms with Crippen molar-refractivity contribution in [3.8, 4) is 11.5 Å². The van der Waals surface area contributed by atoms with Gasteiger partial charge in [0.15, 0.2) is 5.11 Å². The fourth-order valence-electron chi connectivity index (χ4n) is 1.89. The van der Waals surface area contributed by atoms with Crippen LogP contribution in [0.25, 0.3) is 0 Å². The molecule has 0 unspecified atom stereocenters. The van der Waals surface area contributed by atoms with Gasteiger partial charge in [0, 0.05) is 11.1 Å². The van der Waals surface area contributed by atoms with Crippen molar-refractivity contribution in [1.82, 2.24) is 5.43 Å². The lowest BCUT2D eigenvalue weighted by Gasteiger charge is -2.12. The van der Waals surface area contributed by atoms with Gasteiger partial charge in [-0.15, -0.1) is 0 Å². The fourth-order valence-corrected chi connectivity index (χ4v) is 2.27. The Morgan fingerprint density at radius 3 is 2.80 bits per heavy atom. The first kappa shape index (κ1) is 18.4. The number of thiocarbonyl (C=S) groups is 1. The first-order valence-corrected chi connectivity index (χ1v) is 7.59. The maximum Gasteiger partial charge on any atom is 0.263 e. The molecule has 0 radical (unpaired) electrons. The van der Waals surface area contributed by atoms with E-state index in [1.165, 1.54) is 13.2 Å². The van der Waals surface area contributed by atoms with Gasteiger partial charge < -0.3 is 15.2 Å². The van der Waals surface area contributed by atoms with Gasteiger partial charge >= 0.3 is 0 Å². The summed E-state index contributed by atoms with van der Waals surface area (Å²) in [6.45, 7) is 0. The number of ether oxygens (including phenoxy) is 1. The quantitative estimate of drug-likeness (QED) is 0.355. The molecule has 0 bridgehead atoms. The summed E-state index contributed by atoms with van der Waals surface area (Å²) in [5, 5.41) is 29.6. The van der Waals surface area contributed by atoms with Gasteiger partial charge in [-0.1, -0.05) is 23.7 Å². The summed E-state index contributed by atoms with van der Waals surface area (Å²) in [6.07, 6.45) is 1.11. The van der Waals surface area contributed by atoms with Gasteiger partial charge in [0.2, 0.25) is 0 Å². The van der Waals surface area contributed by atoms with E-state index >= 15 is 0 Å². The SMILES string of the molecule is COc1ccccc1NC(=S)N/N=C\c1cc(Cl)cc([N+](=O)[O-])c1[O-]. The van der Waals surface area contributed by atoms with Crippen molar-refractivity contribution in [2.24, 2.45) is 5.10 Å². The number of hydrogen-bond donors (Lipinski definition) is 2. The standard InChI is InChI=1S/C15H13ClN4O4S/c1-24-13-5-3-2-4-11(13)18-15(25)19-17-8-9-6-10(16)7-12(14(9)21)20(22)23/h2-8,21H,1H3,(H2,18,19,25)/p-1/b17-8-. The van der Waals surface area contributed by atoms with Gasteiger partial charge in [-0.3, -0.25) is 15.5 Å². The lowest BCUT2D eigenvalue weighted by atomic mass is 10.2. The van der Waals surface area contributed by atoms with Crippen LogP contribution in [0.2, 0.25) is 5.02 Å². The molecule has 2 rings (SSSR count). The number of para-hydroxylation sites is 2. The lowest BCUT2D eigenvalue weighted by Crippen LogP contribution is -2.24. The maximum absolute atomic E-state index is 11.9. The van der Waals surface area contributed by atoms with E-state index in [-0.39, 0.29) is 15.7 Å². The van der Waals surface area contributed by atoms with Crippen molar-refractivity contribution in [3.63, 3.8) is 0 Å². The van der Waals surface area contributed by atoms with Gasteiger partial charge in [-0.25, -0.2) is 0 Å². The summed E-state index contributed by atoms with van der Waals surface area (Å²) in [6, 6.07) is 9.38. The maximum atomic E-state index is 11.9. The van der Waals surface area contributed by atoms with Crippen LogP contribution in [-0.4, -0.2) is 23.4 Å². The number of rotatable bonds is 5. The second-order valence-electron chi connectivity index (χ2n) is 4.62. The molecule has 0 aliphatic rings. The van der Waals surface area contributed by atoms with Gasteiger partial charge in [0.1, 0.15) is 5.75 Å². The summed E-state index contributed by atoms with van der Waals surface area (Å²) < 4.78 is 5.18. The Morgan fingerprint density at radius 1 is 1.40 bits per heavy atom. The third kappa shape index (κ3) is 4.78. The monoisotopic (exact) mass is 379 g/mol. The molecule has 8 nitrogen and oxygen atoms in total. The molecule has 0 fully saturated rings. The molecule has 10 heteroatoms. The highest BCUT2D eigenvalue weighted by atomic mass is 35.5. The van der Waals surface area contributed by atoms with E-state index < -0.39 is 16.4 Å². The Hall–Kier alpha value is -2.91. The highest BCUT2D eigenvalue weighted by molar-refractivity contribution is 7.80. The molecule has 0 amide bonds. The van der Waals surface area contributed by atoms with Crippen molar-refractivity contribution in [2.45, 2.75) is 0 Å². The molecule has 0 heterocycles. The minimum atomic E-state index is -0.799. The number of nitro benzene ring substituents is 1. The fraction of sp³-hybridized carbons (Fsp3) is 0.0667. The summed E-state index contributed by atoms with van der Waals surface area (Å²) >= 11 is 10.9. The molecule has 0 aromatic heterocycles. The number of methoxy groups -OCH3 is 1. The highest BCUT2D eigenvalue weighted by Crippen LogP contribution is 2.30. The molecule has 0 saturated carbocycles. The number of benzene rings is 2. The number of hydrazone groups is 1. The average Bonchev–Trinajstić information content (AvgIpc) is 2.57. The zero-order valence-corrected chi connectivity index (χ0v) is 14.4. The minimum absolute atomic E-state index is 0.0354. The number of halogens is 1. The van der Waals surface area contributed by atoms with E-state index in [0.717, 1.165) is 12.3 Å². The van der Waals surface area contributed by atoms with E-state index in [9.17, 15) is 15.2 Å². The van der Waals surface area contributed by atoms with Crippen LogP contribution in [0.3, 0.4) is 0 Å². The predicted octanol–water partition coefficient (Wildman–Crippen LogP) is 2.65. The third-order valence-electron chi connectivity index (χ3n) is 2.98. The molecule has 0 atom stereocenters. The second-order valence-corrected chi connectivity index (χ2v) is 5.47. The molecular weight excluding hydrogens is 368 g/mol. The summed E-state index contributed by atoms with van der Waals surface area (Å²) in [4.78, 5) is 10.0. The number of hydrogen-bond acceptors (Lipinski definition) is 6. The van der Waals surface area contributed by atoms with E-state index in [0.29, 0.717) is 11.4 Å². The molecule has 0 spiro atoms. The second kappa shape index (κ2) is 8.27. The van der Waals surface area contributed by atoms with Gasteiger partial charge in [-0.05, 0) is 41.7 Å². The molecular formula is C15H12ClN4O4S-. The van der Waals surface area contributed by atoms with Crippen LogP contribution >= 0.6 is 23.8 Å². The smallest absolute Gasteiger partial charge is 0.263 e. The minimum Gasteiger partial charge on any atom is -0.867 e. The third-order valence-corrected chi connectivity index (χ3v) is 3.40. The van der Waals surface area contributed by atoms with Gasteiger partial charge in [-0.2, -0.15) is 5.10 Å². The average molecular weight is 380 g/mol. The first-order valence-electron chi connectivity index (χ1n) is 6.80. The van der Waals surface area contributed by atoms with Crippen LogP contribution in [0.15, 0.2) is 41.5 Å². The number of nitrogens with zero attached hydrogens (tertiary/aromatic N) is 2. The predicted molar refractivity (Wildman–Crippen MR) is 97.5 cm³/mol. The molecule has 2 N–H and O–H groups in total. The van der Waals surface area contributed by atoms with E-state index in [4.69, 9.17) is 28.6 Å².